The Morgan fingerprint density at radius 2 is 2.12 bits per heavy atom. The van der Waals surface area contributed by atoms with E-state index in [1.54, 1.807) is 17.4 Å². The number of fused-ring (bicyclic) bond motifs is 1. The maximum absolute atomic E-state index is 13.1. The van der Waals surface area contributed by atoms with E-state index in [0.29, 0.717) is 5.92 Å². The molecule has 1 heterocycles. The SMILES string of the molecule is CC(C)CC(NN)c1cc2ccc(F)cc2s1. The van der Waals surface area contributed by atoms with Gasteiger partial charge in [0.05, 0.1) is 6.04 Å². The van der Waals surface area contributed by atoms with Gasteiger partial charge in [-0.3, -0.25) is 11.3 Å². The molecule has 2 aromatic rings. The van der Waals surface area contributed by atoms with Gasteiger partial charge in [-0.05, 0) is 35.9 Å². The van der Waals surface area contributed by atoms with Crippen LogP contribution in [0.4, 0.5) is 4.39 Å². The number of nitrogens with two attached hydrogens (primary N) is 1. The van der Waals surface area contributed by atoms with Gasteiger partial charge in [0.2, 0.25) is 0 Å². The van der Waals surface area contributed by atoms with Crippen LogP contribution >= 0.6 is 11.3 Å². The Hall–Kier alpha value is -0.970. The van der Waals surface area contributed by atoms with E-state index in [-0.39, 0.29) is 11.9 Å². The van der Waals surface area contributed by atoms with E-state index in [4.69, 9.17) is 5.84 Å². The summed E-state index contributed by atoms with van der Waals surface area (Å²) in [5.41, 5.74) is 2.84. The third kappa shape index (κ3) is 2.83. The lowest BCUT2D eigenvalue weighted by Crippen LogP contribution is -2.28. The molecule has 0 spiro atoms. The minimum absolute atomic E-state index is 0.149. The molecule has 2 nitrogen and oxygen atoms in total. The predicted molar refractivity (Wildman–Crippen MR) is 71.3 cm³/mol. The lowest BCUT2D eigenvalue weighted by molar-refractivity contribution is 0.443. The predicted octanol–water partition coefficient (Wildman–Crippen LogP) is 3.59. The molecule has 17 heavy (non-hydrogen) atoms. The number of hydrazine groups is 1. The van der Waals surface area contributed by atoms with Crippen LogP contribution in [0, 0.1) is 11.7 Å². The van der Waals surface area contributed by atoms with Gasteiger partial charge in [0, 0.05) is 9.58 Å². The van der Waals surface area contributed by atoms with Gasteiger partial charge < -0.3 is 0 Å². The quantitative estimate of drug-likeness (QED) is 0.644. The minimum Gasteiger partial charge on any atom is -0.271 e. The minimum atomic E-state index is -0.188. The van der Waals surface area contributed by atoms with Crippen LogP contribution in [0.2, 0.25) is 0 Å². The van der Waals surface area contributed by atoms with Crippen LogP contribution in [0.1, 0.15) is 31.2 Å². The summed E-state index contributed by atoms with van der Waals surface area (Å²) in [6.45, 7) is 4.33. The number of hydrogen-bond donors (Lipinski definition) is 2. The number of rotatable bonds is 4. The second-order valence-electron chi connectivity index (χ2n) is 4.68. The van der Waals surface area contributed by atoms with Crippen LogP contribution in [0.15, 0.2) is 24.3 Å². The van der Waals surface area contributed by atoms with E-state index >= 15 is 0 Å². The second-order valence-corrected chi connectivity index (χ2v) is 5.80. The number of halogens is 1. The summed E-state index contributed by atoms with van der Waals surface area (Å²) in [6, 6.07) is 7.12. The van der Waals surface area contributed by atoms with Gasteiger partial charge in [-0.15, -0.1) is 11.3 Å². The summed E-state index contributed by atoms with van der Waals surface area (Å²) in [6.07, 6.45) is 0.978. The molecule has 2 rings (SSSR count). The molecule has 1 unspecified atom stereocenters. The van der Waals surface area contributed by atoms with Gasteiger partial charge in [-0.25, -0.2) is 4.39 Å². The molecule has 0 radical (unpaired) electrons. The van der Waals surface area contributed by atoms with Gasteiger partial charge in [-0.2, -0.15) is 0 Å². The molecule has 0 aliphatic rings. The van der Waals surface area contributed by atoms with Crippen LogP contribution < -0.4 is 11.3 Å². The monoisotopic (exact) mass is 252 g/mol. The Kier molecular flexibility index (Phi) is 3.76. The van der Waals surface area contributed by atoms with E-state index in [0.717, 1.165) is 16.5 Å². The molecular formula is C13H17FN2S. The molecule has 3 N–H and O–H groups in total. The Morgan fingerprint density at radius 1 is 1.35 bits per heavy atom. The first-order valence-corrected chi connectivity index (χ1v) is 6.57. The molecule has 92 valence electrons. The molecule has 0 saturated heterocycles. The largest absolute Gasteiger partial charge is 0.271 e. The average Bonchev–Trinajstić information content (AvgIpc) is 2.68. The lowest BCUT2D eigenvalue weighted by atomic mass is 10.0. The first-order valence-electron chi connectivity index (χ1n) is 5.75. The number of benzene rings is 1. The number of nitrogens with one attached hydrogen (secondary N) is 1. The normalized spacial score (nSPS) is 13.5. The summed E-state index contributed by atoms with van der Waals surface area (Å²) in [4.78, 5) is 1.17. The standard InChI is InChI=1S/C13H17FN2S/c1-8(2)5-11(16-15)13-6-9-3-4-10(14)7-12(9)17-13/h3-4,6-8,11,16H,5,15H2,1-2H3. The van der Waals surface area contributed by atoms with Crippen LogP contribution in [0.5, 0.6) is 0 Å². The molecule has 0 amide bonds. The van der Waals surface area contributed by atoms with Gasteiger partial charge in [0.25, 0.3) is 0 Å². The van der Waals surface area contributed by atoms with Crippen molar-refractivity contribution >= 4 is 21.4 Å². The molecule has 0 saturated carbocycles. The highest BCUT2D eigenvalue weighted by molar-refractivity contribution is 7.19. The third-order valence-corrected chi connectivity index (χ3v) is 3.96. The Bertz CT molecular complexity index is 507. The van der Waals surface area contributed by atoms with Gasteiger partial charge in [0.15, 0.2) is 0 Å². The summed E-state index contributed by atoms with van der Waals surface area (Å²) < 4.78 is 14.1. The van der Waals surface area contributed by atoms with Gasteiger partial charge in [0.1, 0.15) is 5.82 Å². The maximum atomic E-state index is 13.1. The van der Waals surface area contributed by atoms with Crippen molar-refractivity contribution in [2.75, 3.05) is 0 Å². The van der Waals surface area contributed by atoms with Crippen LogP contribution in [0.3, 0.4) is 0 Å². The highest BCUT2D eigenvalue weighted by atomic mass is 32.1. The zero-order chi connectivity index (χ0) is 12.4. The first kappa shape index (κ1) is 12.5. The molecule has 1 aromatic carbocycles. The molecule has 0 aliphatic carbocycles. The number of hydrogen-bond acceptors (Lipinski definition) is 3. The van der Waals surface area contributed by atoms with Crippen LogP contribution in [0.25, 0.3) is 10.1 Å². The second kappa shape index (κ2) is 5.12. The molecule has 0 aliphatic heterocycles. The van der Waals surface area contributed by atoms with E-state index in [1.165, 1.54) is 10.9 Å². The van der Waals surface area contributed by atoms with E-state index in [1.807, 2.05) is 6.07 Å². The molecule has 0 bridgehead atoms. The Morgan fingerprint density at radius 3 is 2.76 bits per heavy atom. The van der Waals surface area contributed by atoms with E-state index in [9.17, 15) is 4.39 Å². The smallest absolute Gasteiger partial charge is 0.124 e. The third-order valence-electron chi connectivity index (χ3n) is 2.75. The van der Waals surface area contributed by atoms with Crippen molar-refractivity contribution in [3.05, 3.63) is 35.0 Å². The van der Waals surface area contributed by atoms with Crippen molar-refractivity contribution in [3.8, 4) is 0 Å². The fourth-order valence-electron chi connectivity index (χ4n) is 1.93. The lowest BCUT2D eigenvalue weighted by Gasteiger charge is -2.16. The van der Waals surface area contributed by atoms with E-state index < -0.39 is 0 Å². The molecule has 0 fully saturated rings. The van der Waals surface area contributed by atoms with Gasteiger partial charge >= 0.3 is 0 Å². The fraction of sp³-hybridized carbons (Fsp3) is 0.385. The maximum Gasteiger partial charge on any atom is 0.124 e. The first-order chi connectivity index (χ1) is 8.10. The summed E-state index contributed by atoms with van der Waals surface area (Å²) >= 11 is 1.60. The fourth-order valence-corrected chi connectivity index (χ4v) is 3.10. The van der Waals surface area contributed by atoms with E-state index in [2.05, 4.69) is 25.3 Å². The topological polar surface area (TPSA) is 38.0 Å². The van der Waals surface area contributed by atoms with Crippen molar-refractivity contribution < 1.29 is 4.39 Å². The molecule has 1 aromatic heterocycles. The highest BCUT2D eigenvalue weighted by Gasteiger charge is 2.14. The summed E-state index contributed by atoms with van der Waals surface area (Å²) in [7, 11) is 0. The zero-order valence-electron chi connectivity index (χ0n) is 10.0. The highest BCUT2D eigenvalue weighted by Crippen LogP contribution is 2.32. The van der Waals surface area contributed by atoms with Crippen molar-refractivity contribution in [1.82, 2.24) is 5.43 Å². The van der Waals surface area contributed by atoms with Crippen molar-refractivity contribution in [2.24, 2.45) is 11.8 Å². The summed E-state index contributed by atoms with van der Waals surface area (Å²) in [5.74, 6) is 5.97. The Balaban J connectivity index is 2.34. The molecule has 4 heteroatoms. The summed E-state index contributed by atoms with van der Waals surface area (Å²) in [5, 5.41) is 1.08. The van der Waals surface area contributed by atoms with Crippen molar-refractivity contribution in [3.63, 3.8) is 0 Å². The van der Waals surface area contributed by atoms with Gasteiger partial charge in [-0.1, -0.05) is 19.9 Å². The van der Waals surface area contributed by atoms with Crippen molar-refractivity contribution in [1.29, 1.82) is 0 Å². The van der Waals surface area contributed by atoms with Crippen molar-refractivity contribution in [2.45, 2.75) is 26.3 Å². The average molecular weight is 252 g/mol. The number of thiophene rings is 1. The van der Waals surface area contributed by atoms with Crippen LogP contribution in [-0.2, 0) is 0 Å². The Labute approximate surface area is 105 Å². The molecule has 1 atom stereocenters. The zero-order valence-corrected chi connectivity index (χ0v) is 10.9. The molecular weight excluding hydrogens is 235 g/mol. The van der Waals surface area contributed by atoms with Crippen LogP contribution in [-0.4, -0.2) is 0 Å².